The lowest BCUT2D eigenvalue weighted by Gasteiger charge is -1.98. The fourth-order valence-corrected chi connectivity index (χ4v) is 0.785. The first kappa shape index (κ1) is 10.0. The summed E-state index contributed by atoms with van der Waals surface area (Å²) in [6.07, 6.45) is 0. The number of hydrogen-bond donors (Lipinski definition) is 0. The summed E-state index contributed by atoms with van der Waals surface area (Å²) in [6, 6.07) is 0. The van der Waals surface area contributed by atoms with Gasteiger partial charge in [-0.15, -0.1) is 0 Å². The second-order valence-corrected chi connectivity index (χ2v) is 2.46. The summed E-state index contributed by atoms with van der Waals surface area (Å²) in [5.41, 5.74) is 1.47. The molecule has 0 spiro atoms. The van der Waals surface area contributed by atoms with Gasteiger partial charge in [0.2, 0.25) is 5.83 Å². The molecular weight excluding hydrogens is 210 g/mol. The fourth-order valence-electron chi connectivity index (χ4n) is 0.600. The van der Waals surface area contributed by atoms with Crippen LogP contribution in [0.3, 0.4) is 0 Å². The molecule has 0 aliphatic carbocycles. The van der Waals surface area contributed by atoms with Gasteiger partial charge in [-0.3, -0.25) is 0 Å². The Labute approximate surface area is 75.7 Å². The minimum absolute atomic E-state index is 0.914. The summed E-state index contributed by atoms with van der Waals surface area (Å²) in [5, 5.41) is -0.944. The number of halogens is 5. The van der Waals surface area contributed by atoms with Crippen LogP contribution in [0.4, 0.5) is 17.6 Å². The number of nitrogens with zero attached hydrogens (tertiary/aromatic N) is 1. The second-order valence-electron chi connectivity index (χ2n) is 2.08. The Balaban J connectivity index is 3.33. The molecule has 1 nitrogen and oxygen atoms in total. The summed E-state index contributed by atoms with van der Waals surface area (Å²) in [6.45, 7) is -0.914. The zero-order chi connectivity index (χ0) is 10.0. The Bertz CT molecular complexity index is 363. The first-order chi connectivity index (χ1) is 6.02. The molecule has 1 aliphatic heterocycles. The predicted molar refractivity (Wildman–Crippen MR) is 40.2 cm³/mol. The molecule has 0 bridgehead atoms. The van der Waals surface area contributed by atoms with Gasteiger partial charge in [0.05, 0.1) is 6.54 Å². The van der Waals surface area contributed by atoms with E-state index in [9.17, 15) is 17.6 Å². The van der Waals surface area contributed by atoms with Gasteiger partial charge in [0.25, 0.3) is 5.97 Å². The van der Waals surface area contributed by atoms with Crippen LogP contribution < -0.4 is 0 Å². The van der Waals surface area contributed by atoms with E-state index in [1.807, 2.05) is 0 Å². The monoisotopic (exact) mass is 211 g/mol. The molecule has 1 rings (SSSR count). The van der Waals surface area contributed by atoms with E-state index in [4.69, 9.17) is 11.6 Å². The summed E-state index contributed by atoms with van der Waals surface area (Å²) in [7, 11) is 0. The molecule has 0 saturated heterocycles. The third kappa shape index (κ3) is 2.20. The third-order valence-electron chi connectivity index (χ3n) is 1.19. The molecule has 0 fully saturated rings. The third-order valence-corrected chi connectivity index (χ3v) is 1.45. The fraction of sp³-hybridized carbons (Fsp3) is 0.143. The van der Waals surface area contributed by atoms with Gasteiger partial charge in [0, 0.05) is 0 Å². The molecule has 1 heterocycles. The SMILES string of the molecule is FC1=C=C(Cl)/C(F)=C(/F)C/N=C\1F. The van der Waals surface area contributed by atoms with Crippen molar-refractivity contribution < 1.29 is 17.6 Å². The Morgan fingerprint density at radius 2 is 1.85 bits per heavy atom. The van der Waals surface area contributed by atoms with E-state index >= 15 is 0 Å². The zero-order valence-corrected chi connectivity index (χ0v) is 6.80. The lowest BCUT2D eigenvalue weighted by Crippen LogP contribution is -1.97. The van der Waals surface area contributed by atoms with Crippen LogP contribution in [0, 0.1) is 0 Å². The van der Waals surface area contributed by atoms with Crippen LogP contribution in [-0.2, 0) is 0 Å². The van der Waals surface area contributed by atoms with E-state index in [1.54, 1.807) is 0 Å². The first-order valence-corrected chi connectivity index (χ1v) is 3.47. The van der Waals surface area contributed by atoms with Crippen LogP contribution in [0.1, 0.15) is 0 Å². The maximum absolute atomic E-state index is 12.6. The first-order valence-electron chi connectivity index (χ1n) is 3.09. The van der Waals surface area contributed by atoms with Crippen LogP contribution in [0.5, 0.6) is 0 Å². The molecule has 0 atom stereocenters. The van der Waals surface area contributed by atoms with E-state index in [2.05, 4.69) is 4.99 Å². The zero-order valence-electron chi connectivity index (χ0n) is 6.04. The van der Waals surface area contributed by atoms with Crippen LogP contribution in [0.2, 0.25) is 0 Å². The highest BCUT2D eigenvalue weighted by Crippen LogP contribution is 2.23. The molecule has 0 unspecified atom stereocenters. The van der Waals surface area contributed by atoms with Crippen molar-refractivity contribution in [1.29, 1.82) is 0 Å². The van der Waals surface area contributed by atoms with E-state index in [-0.39, 0.29) is 0 Å². The Morgan fingerprint density at radius 3 is 2.46 bits per heavy atom. The molecule has 70 valence electrons. The minimum Gasteiger partial charge on any atom is -0.247 e. The molecule has 0 aromatic heterocycles. The topological polar surface area (TPSA) is 12.4 Å². The Hall–Kier alpha value is -1.06. The molecule has 13 heavy (non-hydrogen) atoms. The molecule has 0 saturated carbocycles. The lowest BCUT2D eigenvalue weighted by atomic mass is 10.3. The summed E-state index contributed by atoms with van der Waals surface area (Å²) in [5.74, 6) is -5.94. The number of allylic oxidation sites excluding steroid dienone is 2. The highest BCUT2D eigenvalue weighted by molar-refractivity contribution is 6.31. The van der Waals surface area contributed by atoms with Crippen molar-refractivity contribution in [3.05, 3.63) is 28.2 Å². The van der Waals surface area contributed by atoms with Gasteiger partial charge in [-0.2, -0.15) is 8.78 Å². The molecule has 0 radical (unpaired) electrons. The quantitative estimate of drug-likeness (QED) is 0.431. The van der Waals surface area contributed by atoms with Crippen LogP contribution in [0.15, 0.2) is 33.2 Å². The smallest absolute Gasteiger partial charge is 0.247 e. The number of rotatable bonds is 0. The molecule has 0 amide bonds. The molecule has 1 aliphatic rings. The molecule has 6 heteroatoms. The maximum atomic E-state index is 12.6. The van der Waals surface area contributed by atoms with E-state index in [1.165, 1.54) is 5.73 Å². The average molecular weight is 212 g/mol. The van der Waals surface area contributed by atoms with Crippen LogP contribution in [0.25, 0.3) is 0 Å². The van der Waals surface area contributed by atoms with Crippen molar-refractivity contribution >= 4 is 17.6 Å². The van der Waals surface area contributed by atoms with Crippen molar-refractivity contribution in [3.63, 3.8) is 0 Å². The van der Waals surface area contributed by atoms with Crippen LogP contribution >= 0.6 is 11.6 Å². The standard InChI is InChI=1S/C7H2ClF4N/c8-3-1-4(9)7(12)13-2-5(10)6(3)11/h2H2/b6-5-,13-7+. The largest absolute Gasteiger partial charge is 0.253 e. The predicted octanol–water partition coefficient (Wildman–Crippen LogP) is 3.09. The minimum atomic E-state index is -1.55. The summed E-state index contributed by atoms with van der Waals surface area (Å²) >= 11 is 5.05. The van der Waals surface area contributed by atoms with Gasteiger partial charge in [-0.05, 0) is 0 Å². The Morgan fingerprint density at radius 1 is 1.23 bits per heavy atom. The van der Waals surface area contributed by atoms with Gasteiger partial charge in [-0.25, -0.2) is 13.8 Å². The van der Waals surface area contributed by atoms with Gasteiger partial charge < -0.3 is 0 Å². The highest BCUT2D eigenvalue weighted by Gasteiger charge is 2.15. The van der Waals surface area contributed by atoms with Gasteiger partial charge in [-0.1, -0.05) is 17.3 Å². The van der Waals surface area contributed by atoms with Crippen molar-refractivity contribution in [2.75, 3.05) is 6.54 Å². The summed E-state index contributed by atoms with van der Waals surface area (Å²) in [4.78, 5) is 2.76. The maximum Gasteiger partial charge on any atom is 0.253 e. The van der Waals surface area contributed by atoms with E-state index in [0.717, 1.165) is 0 Å². The van der Waals surface area contributed by atoms with Crippen molar-refractivity contribution in [1.82, 2.24) is 0 Å². The van der Waals surface area contributed by atoms with Crippen molar-refractivity contribution in [2.45, 2.75) is 0 Å². The van der Waals surface area contributed by atoms with E-state index < -0.39 is 35.0 Å². The lowest BCUT2D eigenvalue weighted by molar-refractivity contribution is 0.535. The van der Waals surface area contributed by atoms with Gasteiger partial charge in [0.15, 0.2) is 11.7 Å². The normalized spacial score (nSPS) is 28.2. The van der Waals surface area contributed by atoms with Gasteiger partial charge in [0.1, 0.15) is 5.03 Å². The van der Waals surface area contributed by atoms with Crippen molar-refractivity contribution in [3.8, 4) is 0 Å². The average Bonchev–Trinajstić information content (AvgIpc) is 2.10. The molecule has 0 N–H and O–H groups in total. The van der Waals surface area contributed by atoms with E-state index in [0.29, 0.717) is 0 Å². The molecule has 0 aromatic rings. The second kappa shape index (κ2) is 3.77. The molecular formula is C7H2ClF4N. The van der Waals surface area contributed by atoms with Crippen molar-refractivity contribution in [2.24, 2.45) is 4.99 Å². The van der Waals surface area contributed by atoms with Crippen LogP contribution in [-0.4, -0.2) is 12.5 Å². The number of hydrogen-bond acceptors (Lipinski definition) is 1. The van der Waals surface area contributed by atoms with Gasteiger partial charge >= 0.3 is 0 Å². The summed E-state index contributed by atoms with van der Waals surface area (Å²) < 4.78 is 50.0. The Kier molecular flexibility index (Phi) is 2.90. The highest BCUT2D eigenvalue weighted by atomic mass is 35.5. The number of aliphatic imine (C=N–C) groups is 1. The molecule has 0 aromatic carbocycles.